The van der Waals surface area contributed by atoms with Gasteiger partial charge in [0.15, 0.2) is 0 Å². The molecule has 90 valence electrons. The number of nitrogens with one attached hydrogen (secondary N) is 1. The zero-order chi connectivity index (χ0) is 12.4. The Bertz CT molecular complexity index is 524. The van der Waals surface area contributed by atoms with E-state index in [2.05, 4.69) is 5.43 Å². The molecule has 1 heterocycles. The summed E-state index contributed by atoms with van der Waals surface area (Å²) in [6.45, 7) is 2.01. The molecule has 0 bridgehead atoms. The van der Waals surface area contributed by atoms with Crippen LogP contribution in [-0.4, -0.2) is 0 Å². The summed E-state index contributed by atoms with van der Waals surface area (Å²) in [6, 6.07) is 6.03. The summed E-state index contributed by atoms with van der Waals surface area (Å²) in [5, 5.41) is 1.99. The van der Waals surface area contributed by atoms with Crippen LogP contribution in [0.3, 0.4) is 0 Å². The molecule has 3 nitrogen and oxygen atoms in total. The van der Waals surface area contributed by atoms with Crippen molar-refractivity contribution < 1.29 is 4.39 Å². The number of halogens is 1. The maximum absolute atomic E-state index is 13.2. The minimum absolute atomic E-state index is 0.282. The fraction of sp³-hybridized carbons (Fsp3) is 0.167. The molecule has 17 heavy (non-hydrogen) atoms. The van der Waals surface area contributed by atoms with Gasteiger partial charge in [0, 0.05) is 16.1 Å². The third-order valence-corrected chi connectivity index (χ3v) is 3.49. The lowest BCUT2D eigenvalue weighted by atomic mass is 10.00. The van der Waals surface area contributed by atoms with E-state index in [1.54, 1.807) is 17.4 Å². The molecule has 0 aliphatic heterocycles. The first kappa shape index (κ1) is 12.0. The van der Waals surface area contributed by atoms with Crippen molar-refractivity contribution in [3.63, 3.8) is 0 Å². The van der Waals surface area contributed by atoms with E-state index in [1.165, 1.54) is 17.0 Å². The zero-order valence-corrected chi connectivity index (χ0v) is 10.2. The summed E-state index contributed by atoms with van der Waals surface area (Å²) in [5.74, 6) is 5.22. The number of anilines is 1. The maximum Gasteiger partial charge on any atom is 0.123 e. The summed E-state index contributed by atoms with van der Waals surface area (Å²) in [5.41, 5.74) is 10.7. The van der Waals surface area contributed by atoms with Crippen LogP contribution in [0.15, 0.2) is 29.6 Å². The molecule has 0 aliphatic rings. The molecule has 2 rings (SSSR count). The Morgan fingerprint density at radius 1 is 1.35 bits per heavy atom. The highest BCUT2D eigenvalue weighted by Crippen LogP contribution is 2.29. The molecule has 1 atom stereocenters. The molecular formula is C12H14FN3S. The average molecular weight is 251 g/mol. The molecular weight excluding hydrogens is 237 g/mol. The van der Waals surface area contributed by atoms with Crippen molar-refractivity contribution in [1.82, 2.24) is 5.43 Å². The van der Waals surface area contributed by atoms with Crippen LogP contribution in [-0.2, 0) is 0 Å². The van der Waals surface area contributed by atoms with Crippen LogP contribution in [0, 0.1) is 12.7 Å². The number of rotatable bonds is 3. The third-order valence-electron chi connectivity index (χ3n) is 2.61. The van der Waals surface area contributed by atoms with E-state index in [1.807, 2.05) is 18.4 Å². The molecule has 1 aromatic carbocycles. The van der Waals surface area contributed by atoms with Crippen molar-refractivity contribution >= 4 is 17.0 Å². The zero-order valence-electron chi connectivity index (χ0n) is 9.41. The minimum atomic E-state index is -0.318. The largest absolute Gasteiger partial charge is 0.398 e. The fourth-order valence-corrected chi connectivity index (χ4v) is 2.51. The highest BCUT2D eigenvalue weighted by atomic mass is 32.1. The van der Waals surface area contributed by atoms with Crippen molar-refractivity contribution in [2.75, 3.05) is 5.73 Å². The van der Waals surface area contributed by atoms with E-state index in [-0.39, 0.29) is 11.9 Å². The lowest BCUT2D eigenvalue weighted by Crippen LogP contribution is -2.29. The van der Waals surface area contributed by atoms with E-state index in [0.717, 1.165) is 5.56 Å². The number of hydrogen-bond acceptors (Lipinski definition) is 4. The Morgan fingerprint density at radius 3 is 2.71 bits per heavy atom. The van der Waals surface area contributed by atoms with Gasteiger partial charge in [0.2, 0.25) is 0 Å². The van der Waals surface area contributed by atoms with Gasteiger partial charge >= 0.3 is 0 Å². The number of aryl methyl sites for hydroxylation is 1. The molecule has 0 saturated heterocycles. The second-order valence-corrected chi connectivity index (χ2v) is 4.98. The van der Waals surface area contributed by atoms with E-state index in [9.17, 15) is 4.39 Å². The van der Waals surface area contributed by atoms with Gasteiger partial charge in [0.1, 0.15) is 5.82 Å². The Balaban J connectivity index is 2.45. The molecule has 5 heteroatoms. The van der Waals surface area contributed by atoms with Gasteiger partial charge in [0.05, 0.1) is 6.04 Å². The molecule has 2 aromatic rings. The smallest absolute Gasteiger partial charge is 0.123 e. The molecule has 5 N–H and O–H groups in total. The number of nitrogen functional groups attached to an aromatic ring is 1. The third kappa shape index (κ3) is 2.46. The van der Waals surface area contributed by atoms with Gasteiger partial charge in [-0.25, -0.2) is 9.82 Å². The van der Waals surface area contributed by atoms with Crippen LogP contribution in [0.4, 0.5) is 10.1 Å². The molecule has 0 aliphatic carbocycles. The monoisotopic (exact) mass is 251 g/mol. The van der Waals surface area contributed by atoms with Gasteiger partial charge in [-0.2, -0.15) is 0 Å². The van der Waals surface area contributed by atoms with Crippen molar-refractivity contribution in [2.24, 2.45) is 5.84 Å². The molecule has 0 saturated carbocycles. The lowest BCUT2D eigenvalue weighted by molar-refractivity contribution is 0.607. The predicted octanol–water partition coefficient (Wildman–Crippen LogP) is 2.33. The second kappa shape index (κ2) is 4.83. The van der Waals surface area contributed by atoms with Gasteiger partial charge < -0.3 is 5.73 Å². The molecule has 1 unspecified atom stereocenters. The molecule has 0 spiro atoms. The Hall–Kier alpha value is -1.43. The van der Waals surface area contributed by atoms with Crippen LogP contribution in [0.25, 0.3) is 0 Å². The fourth-order valence-electron chi connectivity index (χ4n) is 1.78. The van der Waals surface area contributed by atoms with Crippen LogP contribution < -0.4 is 17.0 Å². The summed E-state index contributed by atoms with van der Waals surface area (Å²) >= 11 is 1.62. The predicted molar refractivity (Wildman–Crippen MR) is 69.0 cm³/mol. The van der Waals surface area contributed by atoms with E-state index >= 15 is 0 Å². The van der Waals surface area contributed by atoms with Crippen molar-refractivity contribution in [3.8, 4) is 0 Å². The Kier molecular flexibility index (Phi) is 3.42. The van der Waals surface area contributed by atoms with E-state index in [0.29, 0.717) is 11.3 Å². The van der Waals surface area contributed by atoms with Crippen molar-refractivity contribution in [3.05, 3.63) is 51.5 Å². The van der Waals surface area contributed by atoms with E-state index in [4.69, 9.17) is 11.6 Å². The lowest BCUT2D eigenvalue weighted by Gasteiger charge is -2.17. The van der Waals surface area contributed by atoms with Gasteiger partial charge in [0.25, 0.3) is 0 Å². The van der Waals surface area contributed by atoms with Gasteiger partial charge in [-0.3, -0.25) is 5.84 Å². The number of hydrazine groups is 1. The minimum Gasteiger partial charge on any atom is -0.398 e. The first-order valence-corrected chi connectivity index (χ1v) is 6.06. The number of hydrogen-bond donors (Lipinski definition) is 3. The normalized spacial score (nSPS) is 12.6. The Morgan fingerprint density at radius 2 is 2.12 bits per heavy atom. The van der Waals surface area contributed by atoms with Crippen LogP contribution in [0.1, 0.15) is 22.0 Å². The summed E-state index contributed by atoms with van der Waals surface area (Å²) in [6.07, 6.45) is 0. The van der Waals surface area contributed by atoms with Gasteiger partial charge in [-0.15, -0.1) is 11.3 Å². The molecule has 0 radical (unpaired) electrons. The van der Waals surface area contributed by atoms with Crippen LogP contribution in [0.5, 0.6) is 0 Å². The maximum atomic E-state index is 13.2. The summed E-state index contributed by atoms with van der Waals surface area (Å²) < 4.78 is 13.2. The first-order chi connectivity index (χ1) is 8.11. The van der Waals surface area contributed by atoms with Crippen molar-refractivity contribution in [2.45, 2.75) is 13.0 Å². The molecule has 0 amide bonds. The number of thiophene rings is 1. The van der Waals surface area contributed by atoms with Crippen molar-refractivity contribution in [1.29, 1.82) is 0 Å². The van der Waals surface area contributed by atoms with E-state index < -0.39 is 0 Å². The molecule has 1 aromatic heterocycles. The van der Waals surface area contributed by atoms with Gasteiger partial charge in [-0.1, -0.05) is 0 Å². The van der Waals surface area contributed by atoms with Crippen LogP contribution in [0.2, 0.25) is 0 Å². The average Bonchev–Trinajstić information content (AvgIpc) is 2.71. The highest BCUT2D eigenvalue weighted by Gasteiger charge is 2.16. The SMILES string of the molecule is Cc1cc(C(NN)c2cc(F)ccc2N)cs1. The first-order valence-electron chi connectivity index (χ1n) is 5.18. The van der Waals surface area contributed by atoms with Gasteiger partial charge in [-0.05, 0) is 42.1 Å². The number of nitrogens with two attached hydrogens (primary N) is 2. The Labute approximate surface area is 103 Å². The highest BCUT2D eigenvalue weighted by molar-refractivity contribution is 7.10. The number of benzene rings is 1. The summed E-state index contributed by atoms with van der Waals surface area (Å²) in [4.78, 5) is 1.18. The second-order valence-electron chi connectivity index (χ2n) is 3.86. The molecule has 0 fully saturated rings. The topological polar surface area (TPSA) is 64.1 Å². The van der Waals surface area contributed by atoms with Crippen LogP contribution >= 0.6 is 11.3 Å². The summed E-state index contributed by atoms with van der Waals surface area (Å²) in [7, 11) is 0. The standard InChI is InChI=1S/C12H14FN3S/c1-7-4-8(6-17-7)12(16-15)10-5-9(13)2-3-11(10)14/h2-6,12,16H,14-15H2,1H3. The quantitative estimate of drug-likeness (QED) is 0.445.